The number of amides is 1. The summed E-state index contributed by atoms with van der Waals surface area (Å²) >= 11 is 0. The molecule has 0 radical (unpaired) electrons. The van der Waals surface area contributed by atoms with Gasteiger partial charge >= 0.3 is 0 Å². The fourth-order valence-electron chi connectivity index (χ4n) is 4.40. The number of aromatic nitrogens is 1. The fourth-order valence-corrected chi connectivity index (χ4v) is 5.94. The molecule has 0 bridgehead atoms. The number of rotatable bonds is 8. The minimum atomic E-state index is -4.20. The number of methoxy groups -OCH3 is 1. The molecule has 12 heteroatoms. The van der Waals surface area contributed by atoms with Crippen LogP contribution in [-0.4, -0.2) is 38.4 Å². The van der Waals surface area contributed by atoms with E-state index in [4.69, 9.17) is 14.2 Å². The van der Waals surface area contributed by atoms with Crippen molar-refractivity contribution in [2.45, 2.75) is 18.4 Å². The summed E-state index contributed by atoms with van der Waals surface area (Å²) in [6, 6.07) is 18.1. The molecule has 4 aromatic rings. The number of nitrogens with zero attached hydrogens (tertiary/aromatic N) is 2. The van der Waals surface area contributed by atoms with Crippen LogP contribution in [0.15, 0.2) is 84.0 Å². The quantitative estimate of drug-likeness (QED) is 0.225. The summed E-state index contributed by atoms with van der Waals surface area (Å²) in [5.41, 5.74) is 4.17. The van der Waals surface area contributed by atoms with Crippen LogP contribution in [0.2, 0.25) is 0 Å². The topological polar surface area (TPSA) is 127 Å². The van der Waals surface area contributed by atoms with Gasteiger partial charge in [-0.2, -0.15) is 0 Å². The Morgan fingerprint density at radius 3 is 2.48 bits per heavy atom. The lowest BCUT2D eigenvalue weighted by atomic mass is 9.97. The van der Waals surface area contributed by atoms with Gasteiger partial charge in [-0.15, -0.1) is 12.4 Å². The number of pyridine rings is 1. The molecule has 1 aliphatic rings. The first-order chi connectivity index (χ1) is 18.8. The van der Waals surface area contributed by atoms with Crippen molar-refractivity contribution in [3.8, 4) is 28.4 Å². The van der Waals surface area contributed by atoms with Gasteiger partial charge in [-0.05, 0) is 83.8 Å². The number of sulfonamides is 1. The molecule has 208 valence electrons. The summed E-state index contributed by atoms with van der Waals surface area (Å²) in [7, 11) is -2.71. The highest BCUT2D eigenvalue weighted by molar-refractivity contribution is 7.92. The minimum Gasteiger partial charge on any atom is -0.497 e. The highest BCUT2D eigenvalue weighted by Gasteiger charge is 2.31. The molecule has 0 aliphatic carbocycles. The molecule has 1 amide bonds. The zero-order chi connectivity index (χ0) is 27.6. The molecule has 3 aromatic carbocycles. The van der Waals surface area contributed by atoms with Crippen molar-refractivity contribution in [1.82, 2.24) is 10.5 Å². The maximum Gasteiger partial charge on any atom is 0.276 e. The number of halogens is 1. The minimum absolute atomic E-state index is 0. The van der Waals surface area contributed by atoms with E-state index >= 15 is 0 Å². The first-order valence-corrected chi connectivity index (χ1v) is 13.3. The number of carbonyl (C=O) groups is 1. The van der Waals surface area contributed by atoms with Crippen molar-refractivity contribution in [3.05, 3.63) is 95.8 Å². The Labute approximate surface area is 237 Å². The number of fused-ring (bicyclic) bond motifs is 1. The average molecular weight is 584 g/mol. The second-order valence-corrected chi connectivity index (χ2v) is 10.6. The van der Waals surface area contributed by atoms with Gasteiger partial charge in [0.2, 0.25) is 6.79 Å². The predicted octanol–water partition coefficient (Wildman–Crippen LogP) is 4.73. The van der Waals surface area contributed by atoms with Crippen LogP contribution < -0.4 is 24.0 Å². The van der Waals surface area contributed by atoms with Crippen molar-refractivity contribution >= 4 is 34.0 Å². The van der Waals surface area contributed by atoms with Gasteiger partial charge in [-0.1, -0.05) is 12.1 Å². The zero-order valence-corrected chi connectivity index (χ0v) is 23.2. The zero-order valence-electron chi connectivity index (χ0n) is 21.5. The molecule has 0 spiro atoms. The van der Waals surface area contributed by atoms with Gasteiger partial charge in [0.1, 0.15) is 5.75 Å². The standard InChI is InChI=1S/C28H25N3O7S.ClH/c1-18-12-21(20-5-10-25-26(14-20)38-17-37-25)13-24(28(32)30-33)27(18)31(16-19-4-3-11-29-15-19)39(34,35)23-8-6-22(36-2)7-9-23;/h3-15,33H,16-17H2,1-2H3,(H,30,32);1H. The molecule has 0 unspecified atom stereocenters. The first kappa shape index (κ1) is 28.7. The van der Waals surface area contributed by atoms with Crippen LogP contribution in [0.25, 0.3) is 11.1 Å². The third-order valence-electron chi connectivity index (χ3n) is 6.30. The lowest BCUT2D eigenvalue weighted by molar-refractivity contribution is 0.0707. The van der Waals surface area contributed by atoms with E-state index in [1.165, 1.54) is 25.3 Å². The third kappa shape index (κ3) is 5.53. The Morgan fingerprint density at radius 2 is 1.80 bits per heavy atom. The van der Waals surface area contributed by atoms with Gasteiger partial charge in [0.25, 0.3) is 15.9 Å². The largest absolute Gasteiger partial charge is 0.497 e. The SMILES string of the molecule is COc1ccc(S(=O)(=O)N(Cc2cccnc2)c2c(C)cc(-c3ccc4c(c3)OCO4)cc2C(=O)NO)cc1.Cl. The van der Waals surface area contributed by atoms with E-state index in [1.54, 1.807) is 67.3 Å². The van der Waals surface area contributed by atoms with Crippen molar-refractivity contribution in [1.29, 1.82) is 0 Å². The molecule has 1 aliphatic heterocycles. The Hall–Kier alpha value is -4.32. The molecule has 0 saturated heterocycles. The monoisotopic (exact) mass is 583 g/mol. The van der Waals surface area contributed by atoms with Crippen molar-refractivity contribution in [2.75, 3.05) is 18.2 Å². The van der Waals surface area contributed by atoms with Crippen molar-refractivity contribution in [2.24, 2.45) is 0 Å². The first-order valence-electron chi connectivity index (χ1n) is 11.9. The highest BCUT2D eigenvalue weighted by Crippen LogP contribution is 2.39. The van der Waals surface area contributed by atoms with Gasteiger partial charge in [-0.25, -0.2) is 13.9 Å². The van der Waals surface area contributed by atoms with E-state index in [9.17, 15) is 18.4 Å². The molecule has 0 fully saturated rings. The molecule has 5 rings (SSSR count). The van der Waals surface area contributed by atoms with Crippen LogP contribution >= 0.6 is 12.4 Å². The molecular weight excluding hydrogens is 558 g/mol. The number of ether oxygens (including phenoxy) is 3. The van der Waals surface area contributed by atoms with Crippen LogP contribution in [0.5, 0.6) is 17.2 Å². The number of hydroxylamine groups is 1. The number of benzene rings is 3. The average Bonchev–Trinajstić information content (AvgIpc) is 3.44. The molecule has 40 heavy (non-hydrogen) atoms. The Bertz CT molecular complexity index is 1630. The van der Waals surface area contributed by atoms with E-state index in [2.05, 4.69) is 4.98 Å². The van der Waals surface area contributed by atoms with Gasteiger partial charge in [-0.3, -0.25) is 19.3 Å². The summed E-state index contributed by atoms with van der Waals surface area (Å²) in [6.45, 7) is 1.71. The lowest BCUT2D eigenvalue weighted by Crippen LogP contribution is -2.34. The maximum absolute atomic E-state index is 14.1. The van der Waals surface area contributed by atoms with Crippen LogP contribution in [0, 0.1) is 6.92 Å². The van der Waals surface area contributed by atoms with Crippen LogP contribution in [0.4, 0.5) is 5.69 Å². The molecule has 0 saturated carbocycles. The van der Waals surface area contributed by atoms with E-state index in [0.717, 1.165) is 9.87 Å². The molecule has 10 nitrogen and oxygen atoms in total. The highest BCUT2D eigenvalue weighted by atomic mass is 35.5. The molecule has 1 aromatic heterocycles. The van der Waals surface area contributed by atoms with Gasteiger partial charge < -0.3 is 14.2 Å². The number of carbonyl (C=O) groups excluding carboxylic acids is 1. The fraction of sp³-hybridized carbons (Fsp3) is 0.143. The Balaban J connectivity index is 0.00000370. The van der Waals surface area contributed by atoms with E-state index in [1.807, 2.05) is 6.07 Å². The second-order valence-electron chi connectivity index (χ2n) is 8.75. The molecule has 2 N–H and O–H groups in total. The summed E-state index contributed by atoms with van der Waals surface area (Å²) in [5.74, 6) is 0.797. The predicted molar refractivity (Wildman–Crippen MR) is 150 cm³/mol. The summed E-state index contributed by atoms with van der Waals surface area (Å²) < 4.78 is 45.3. The summed E-state index contributed by atoms with van der Waals surface area (Å²) in [4.78, 5) is 17.1. The second kappa shape index (κ2) is 11.8. The Morgan fingerprint density at radius 1 is 1.05 bits per heavy atom. The normalized spacial score (nSPS) is 11.9. The number of nitrogens with one attached hydrogen (secondary N) is 1. The van der Waals surface area contributed by atoms with E-state index in [0.29, 0.717) is 33.9 Å². The van der Waals surface area contributed by atoms with Gasteiger partial charge in [0, 0.05) is 12.4 Å². The summed E-state index contributed by atoms with van der Waals surface area (Å²) in [6.07, 6.45) is 3.14. The van der Waals surface area contributed by atoms with E-state index < -0.39 is 15.9 Å². The molecule has 0 atom stereocenters. The van der Waals surface area contributed by atoms with E-state index in [-0.39, 0.29) is 41.9 Å². The van der Waals surface area contributed by atoms with Crippen LogP contribution in [0.1, 0.15) is 21.5 Å². The smallest absolute Gasteiger partial charge is 0.276 e. The Kier molecular flexibility index (Phi) is 8.48. The number of hydrogen-bond donors (Lipinski definition) is 2. The van der Waals surface area contributed by atoms with Crippen molar-refractivity contribution in [3.63, 3.8) is 0 Å². The van der Waals surface area contributed by atoms with Gasteiger partial charge in [0.15, 0.2) is 11.5 Å². The third-order valence-corrected chi connectivity index (χ3v) is 8.06. The molecular formula is C28H26ClN3O7S. The molecule has 2 heterocycles. The van der Waals surface area contributed by atoms with Crippen molar-refractivity contribution < 1.29 is 32.6 Å². The van der Waals surface area contributed by atoms with Crippen LogP contribution in [-0.2, 0) is 16.6 Å². The number of aryl methyl sites for hydroxylation is 1. The number of anilines is 1. The van der Waals surface area contributed by atoms with Crippen LogP contribution in [0.3, 0.4) is 0 Å². The number of hydrogen-bond acceptors (Lipinski definition) is 8. The summed E-state index contributed by atoms with van der Waals surface area (Å²) in [5, 5.41) is 9.61. The lowest BCUT2D eigenvalue weighted by Gasteiger charge is -2.28. The van der Waals surface area contributed by atoms with Gasteiger partial charge in [0.05, 0.1) is 29.8 Å². The maximum atomic E-state index is 14.1.